The molecule has 96 valence electrons. The number of carbonyl (C=O) groups excluding carboxylic acids is 1. The van der Waals surface area contributed by atoms with Gasteiger partial charge in [0.1, 0.15) is 6.54 Å². The molecule has 0 rings (SSSR count). The summed E-state index contributed by atoms with van der Waals surface area (Å²) in [5.74, 6) is -0.0758. The highest BCUT2D eigenvalue weighted by Gasteiger charge is 2.04. The predicted molar refractivity (Wildman–Crippen MR) is 72.7 cm³/mol. The van der Waals surface area contributed by atoms with Crippen LogP contribution in [0.2, 0.25) is 0 Å². The second-order valence-corrected chi connectivity index (χ2v) is 3.65. The first-order valence-corrected chi connectivity index (χ1v) is 5.99. The topological polar surface area (TPSA) is 53.5 Å². The third-order valence-corrected chi connectivity index (χ3v) is 2.35. The number of hydrogen-bond acceptors (Lipinski definition) is 2. The lowest BCUT2D eigenvalue weighted by Gasteiger charge is -2.10. The van der Waals surface area contributed by atoms with Crippen LogP contribution in [0.25, 0.3) is 0 Å². The SMILES string of the molecule is CC=CNC=NCC(=O)NC(CC)=C(C)CC. The van der Waals surface area contributed by atoms with E-state index < -0.39 is 0 Å². The number of carbonyl (C=O) groups is 1. The summed E-state index contributed by atoms with van der Waals surface area (Å²) in [5, 5.41) is 5.72. The second kappa shape index (κ2) is 9.63. The minimum Gasteiger partial charge on any atom is -0.353 e. The van der Waals surface area contributed by atoms with E-state index in [4.69, 9.17) is 0 Å². The molecule has 0 radical (unpaired) electrons. The zero-order valence-corrected chi connectivity index (χ0v) is 11.2. The molecule has 2 N–H and O–H groups in total. The van der Waals surface area contributed by atoms with Crippen LogP contribution in [-0.2, 0) is 4.79 Å². The molecule has 4 nitrogen and oxygen atoms in total. The summed E-state index contributed by atoms with van der Waals surface area (Å²) in [6.45, 7) is 8.20. The van der Waals surface area contributed by atoms with Crippen LogP contribution in [0.5, 0.6) is 0 Å². The maximum Gasteiger partial charge on any atom is 0.245 e. The number of hydrogen-bond donors (Lipinski definition) is 2. The van der Waals surface area contributed by atoms with Crippen LogP contribution in [0.15, 0.2) is 28.5 Å². The summed E-state index contributed by atoms with van der Waals surface area (Å²) in [6.07, 6.45) is 6.91. The Labute approximate surface area is 104 Å². The van der Waals surface area contributed by atoms with Gasteiger partial charge in [0, 0.05) is 5.70 Å². The van der Waals surface area contributed by atoms with Gasteiger partial charge in [-0.2, -0.15) is 0 Å². The van der Waals surface area contributed by atoms with E-state index in [9.17, 15) is 4.79 Å². The Bertz CT molecular complexity index is 317. The largest absolute Gasteiger partial charge is 0.353 e. The third-order valence-electron chi connectivity index (χ3n) is 2.35. The number of nitrogens with zero attached hydrogens (tertiary/aromatic N) is 1. The number of allylic oxidation sites excluding steroid dienone is 3. The predicted octanol–water partition coefficient (Wildman–Crippen LogP) is 2.35. The molecule has 0 aliphatic carbocycles. The quantitative estimate of drug-likeness (QED) is 0.527. The molecule has 0 spiro atoms. The van der Waals surface area contributed by atoms with Crippen molar-refractivity contribution in [2.75, 3.05) is 6.54 Å². The zero-order chi connectivity index (χ0) is 13.1. The Kier molecular flexibility index (Phi) is 8.74. The number of aliphatic imine (C=N–C) groups is 1. The number of rotatable bonds is 7. The van der Waals surface area contributed by atoms with E-state index >= 15 is 0 Å². The lowest BCUT2D eigenvalue weighted by Crippen LogP contribution is -2.26. The Morgan fingerprint density at radius 2 is 2.00 bits per heavy atom. The number of amides is 1. The van der Waals surface area contributed by atoms with E-state index in [0.29, 0.717) is 0 Å². The fourth-order valence-corrected chi connectivity index (χ4v) is 1.24. The van der Waals surface area contributed by atoms with E-state index in [0.717, 1.165) is 18.5 Å². The molecule has 0 unspecified atom stereocenters. The molecule has 0 aromatic carbocycles. The zero-order valence-electron chi connectivity index (χ0n) is 11.2. The Morgan fingerprint density at radius 1 is 1.29 bits per heavy atom. The van der Waals surface area contributed by atoms with Crippen molar-refractivity contribution >= 4 is 12.2 Å². The highest BCUT2D eigenvalue weighted by atomic mass is 16.1. The van der Waals surface area contributed by atoms with Crippen molar-refractivity contribution in [1.82, 2.24) is 10.6 Å². The van der Waals surface area contributed by atoms with Crippen LogP contribution in [0, 0.1) is 0 Å². The van der Waals surface area contributed by atoms with Gasteiger partial charge in [-0.15, -0.1) is 0 Å². The van der Waals surface area contributed by atoms with Crippen LogP contribution in [-0.4, -0.2) is 18.8 Å². The highest BCUT2D eigenvalue weighted by Crippen LogP contribution is 2.08. The molecule has 0 aliphatic heterocycles. The van der Waals surface area contributed by atoms with Gasteiger partial charge in [-0.1, -0.05) is 25.5 Å². The maximum atomic E-state index is 11.6. The van der Waals surface area contributed by atoms with Crippen LogP contribution in [0.4, 0.5) is 0 Å². The van der Waals surface area contributed by atoms with Crippen molar-refractivity contribution < 1.29 is 4.79 Å². The van der Waals surface area contributed by atoms with Crippen molar-refractivity contribution in [3.63, 3.8) is 0 Å². The van der Waals surface area contributed by atoms with Gasteiger partial charge in [-0.05, 0) is 32.9 Å². The van der Waals surface area contributed by atoms with E-state index in [1.807, 2.05) is 26.8 Å². The second-order valence-electron chi connectivity index (χ2n) is 3.65. The van der Waals surface area contributed by atoms with Crippen molar-refractivity contribution in [2.24, 2.45) is 4.99 Å². The van der Waals surface area contributed by atoms with Gasteiger partial charge >= 0.3 is 0 Å². The maximum absolute atomic E-state index is 11.6. The van der Waals surface area contributed by atoms with Crippen molar-refractivity contribution in [3.8, 4) is 0 Å². The van der Waals surface area contributed by atoms with E-state index in [2.05, 4.69) is 22.5 Å². The van der Waals surface area contributed by atoms with Crippen molar-refractivity contribution in [1.29, 1.82) is 0 Å². The first kappa shape index (κ1) is 15.4. The highest BCUT2D eigenvalue weighted by molar-refractivity contribution is 5.81. The van der Waals surface area contributed by atoms with Crippen molar-refractivity contribution in [3.05, 3.63) is 23.5 Å². The van der Waals surface area contributed by atoms with Gasteiger partial charge < -0.3 is 10.6 Å². The minimum atomic E-state index is -0.0758. The van der Waals surface area contributed by atoms with Gasteiger partial charge in [-0.3, -0.25) is 9.79 Å². The summed E-state index contributed by atoms with van der Waals surface area (Å²) in [6, 6.07) is 0. The monoisotopic (exact) mass is 237 g/mol. The van der Waals surface area contributed by atoms with E-state index in [1.54, 1.807) is 6.20 Å². The lowest BCUT2D eigenvalue weighted by molar-refractivity contribution is -0.119. The average molecular weight is 237 g/mol. The Morgan fingerprint density at radius 3 is 2.53 bits per heavy atom. The van der Waals surface area contributed by atoms with Crippen LogP contribution in [0.3, 0.4) is 0 Å². The third kappa shape index (κ3) is 7.33. The molecular formula is C13H23N3O. The summed E-state index contributed by atoms with van der Waals surface area (Å²) in [5.41, 5.74) is 2.23. The Hall–Kier alpha value is -1.58. The van der Waals surface area contributed by atoms with Gasteiger partial charge in [0.25, 0.3) is 0 Å². The van der Waals surface area contributed by atoms with Gasteiger partial charge in [0.15, 0.2) is 0 Å². The van der Waals surface area contributed by atoms with E-state index in [-0.39, 0.29) is 12.5 Å². The van der Waals surface area contributed by atoms with Crippen molar-refractivity contribution in [2.45, 2.75) is 40.5 Å². The van der Waals surface area contributed by atoms with Gasteiger partial charge in [0.2, 0.25) is 5.91 Å². The fraction of sp³-hybridized carbons (Fsp3) is 0.538. The first-order valence-electron chi connectivity index (χ1n) is 5.99. The van der Waals surface area contributed by atoms with Gasteiger partial charge in [0.05, 0.1) is 6.34 Å². The van der Waals surface area contributed by atoms with Crippen LogP contribution >= 0.6 is 0 Å². The van der Waals surface area contributed by atoms with Crippen LogP contribution in [0.1, 0.15) is 40.5 Å². The molecule has 0 saturated heterocycles. The van der Waals surface area contributed by atoms with Gasteiger partial charge in [-0.25, -0.2) is 0 Å². The molecular weight excluding hydrogens is 214 g/mol. The summed E-state index contributed by atoms with van der Waals surface area (Å²) in [7, 11) is 0. The molecule has 0 bridgehead atoms. The molecule has 0 aliphatic rings. The summed E-state index contributed by atoms with van der Waals surface area (Å²) < 4.78 is 0. The fourth-order valence-electron chi connectivity index (χ4n) is 1.24. The molecule has 0 aromatic heterocycles. The molecule has 4 heteroatoms. The molecule has 0 atom stereocenters. The molecule has 0 heterocycles. The molecule has 17 heavy (non-hydrogen) atoms. The summed E-state index contributed by atoms with van der Waals surface area (Å²) >= 11 is 0. The lowest BCUT2D eigenvalue weighted by atomic mass is 10.1. The average Bonchev–Trinajstić information content (AvgIpc) is 2.34. The number of nitrogens with one attached hydrogen (secondary N) is 2. The molecule has 1 amide bonds. The normalized spacial score (nSPS) is 12.9. The molecule has 0 saturated carbocycles. The molecule has 0 aromatic rings. The molecule has 0 fully saturated rings. The standard InChI is InChI=1S/C13H23N3O/c1-5-8-14-10-15-9-13(17)16-12(7-3)11(4)6-2/h5,8,10H,6-7,9H2,1-4H3,(H,14,15)(H,16,17). The van der Waals surface area contributed by atoms with Crippen LogP contribution < -0.4 is 10.6 Å². The summed E-state index contributed by atoms with van der Waals surface area (Å²) in [4.78, 5) is 15.5. The smallest absolute Gasteiger partial charge is 0.245 e. The van der Waals surface area contributed by atoms with E-state index in [1.165, 1.54) is 11.9 Å². The minimum absolute atomic E-state index is 0.0758. The first-order chi connectivity index (χ1) is 8.15. The Balaban J connectivity index is 4.13.